The van der Waals surface area contributed by atoms with Gasteiger partial charge in [-0.25, -0.2) is 0 Å². The van der Waals surface area contributed by atoms with Gasteiger partial charge in [0, 0.05) is 24.9 Å². The topological polar surface area (TPSA) is 47.6 Å². The van der Waals surface area contributed by atoms with Gasteiger partial charge in [0.05, 0.1) is 19.1 Å². The zero-order chi connectivity index (χ0) is 13.4. The quantitative estimate of drug-likeness (QED) is 0.756. The Morgan fingerprint density at radius 2 is 2.11 bits per heavy atom. The Bertz CT molecular complexity index is 379. The molecule has 0 spiro atoms. The van der Waals surface area contributed by atoms with E-state index in [1.807, 2.05) is 38.1 Å². The third-order valence-corrected chi connectivity index (χ3v) is 2.60. The number of ether oxygens (including phenoxy) is 2. The van der Waals surface area contributed by atoms with Gasteiger partial charge in [-0.15, -0.1) is 0 Å². The van der Waals surface area contributed by atoms with E-state index >= 15 is 0 Å². The number of nitrogens with one attached hydrogen (secondary N) is 1. The Morgan fingerprint density at radius 3 is 2.78 bits per heavy atom. The minimum absolute atomic E-state index is 0.166. The van der Waals surface area contributed by atoms with Gasteiger partial charge >= 0.3 is 5.97 Å². The van der Waals surface area contributed by atoms with Crippen LogP contribution >= 0.6 is 0 Å². The smallest absolute Gasteiger partial charge is 0.310 e. The highest BCUT2D eigenvalue weighted by atomic mass is 16.5. The first kappa shape index (κ1) is 14.5. The van der Waals surface area contributed by atoms with E-state index in [1.54, 1.807) is 7.11 Å². The first-order valence-corrected chi connectivity index (χ1v) is 6.16. The number of carbonyl (C=O) groups excluding carboxylic acids is 1. The van der Waals surface area contributed by atoms with Crippen molar-refractivity contribution in [2.45, 2.75) is 20.5 Å². The highest BCUT2D eigenvalue weighted by molar-refractivity contribution is 5.72. The van der Waals surface area contributed by atoms with Crippen LogP contribution in [0.1, 0.15) is 19.4 Å². The van der Waals surface area contributed by atoms with Crippen molar-refractivity contribution in [1.29, 1.82) is 0 Å². The summed E-state index contributed by atoms with van der Waals surface area (Å²) in [6.07, 6.45) is 0. The molecule has 0 aliphatic rings. The SMILES string of the molecule is CCOC(=O)C(C)CNc1ccccc1COC. The second-order valence-electron chi connectivity index (χ2n) is 4.12. The van der Waals surface area contributed by atoms with Crippen molar-refractivity contribution in [1.82, 2.24) is 0 Å². The highest BCUT2D eigenvalue weighted by Crippen LogP contribution is 2.16. The number of hydrogen-bond acceptors (Lipinski definition) is 4. The number of rotatable bonds is 7. The van der Waals surface area contributed by atoms with Gasteiger partial charge in [-0.05, 0) is 13.0 Å². The molecule has 0 aliphatic carbocycles. The van der Waals surface area contributed by atoms with Crippen LogP contribution in [0.2, 0.25) is 0 Å². The van der Waals surface area contributed by atoms with E-state index in [0.717, 1.165) is 11.3 Å². The molecule has 0 radical (unpaired) electrons. The molecule has 4 heteroatoms. The van der Waals surface area contributed by atoms with Crippen LogP contribution in [0.25, 0.3) is 0 Å². The molecule has 0 saturated carbocycles. The van der Waals surface area contributed by atoms with Gasteiger partial charge in [0.25, 0.3) is 0 Å². The molecule has 1 aromatic rings. The number of hydrogen-bond donors (Lipinski definition) is 1. The first-order chi connectivity index (χ1) is 8.69. The molecule has 0 aromatic heterocycles. The van der Waals surface area contributed by atoms with Crippen LogP contribution in [-0.4, -0.2) is 26.2 Å². The molecule has 18 heavy (non-hydrogen) atoms. The van der Waals surface area contributed by atoms with Crippen LogP contribution in [0.4, 0.5) is 5.69 Å². The van der Waals surface area contributed by atoms with E-state index in [-0.39, 0.29) is 11.9 Å². The predicted octanol–water partition coefficient (Wildman–Crippen LogP) is 2.44. The Labute approximate surface area is 108 Å². The molecule has 1 N–H and O–H groups in total. The van der Waals surface area contributed by atoms with E-state index < -0.39 is 0 Å². The fourth-order valence-electron chi connectivity index (χ4n) is 1.61. The van der Waals surface area contributed by atoms with Gasteiger partial charge in [-0.1, -0.05) is 25.1 Å². The molecule has 0 aliphatic heterocycles. The fourth-order valence-corrected chi connectivity index (χ4v) is 1.61. The largest absolute Gasteiger partial charge is 0.466 e. The minimum Gasteiger partial charge on any atom is -0.466 e. The molecule has 0 fully saturated rings. The van der Waals surface area contributed by atoms with E-state index in [4.69, 9.17) is 9.47 Å². The Balaban J connectivity index is 2.54. The van der Waals surface area contributed by atoms with Crippen molar-refractivity contribution in [3.05, 3.63) is 29.8 Å². The summed E-state index contributed by atoms with van der Waals surface area (Å²) in [5.74, 6) is -0.338. The summed E-state index contributed by atoms with van der Waals surface area (Å²) in [7, 11) is 1.66. The van der Waals surface area contributed by atoms with Crippen molar-refractivity contribution >= 4 is 11.7 Å². The molecule has 100 valence electrons. The molecule has 1 aromatic carbocycles. The third kappa shape index (κ3) is 4.37. The summed E-state index contributed by atoms with van der Waals surface area (Å²) in [6, 6.07) is 7.90. The molecule has 0 heterocycles. The van der Waals surface area contributed by atoms with Crippen LogP contribution in [-0.2, 0) is 20.9 Å². The molecule has 1 atom stereocenters. The zero-order valence-corrected chi connectivity index (χ0v) is 11.2. The molecular weight excluding hydrogens is 230 g/mol. The van der Waals surface area contributed by atoms with Crippen molar-refractivity contribution < 1.29 is 14.3 Å². The average molecular weight is 251 g/mol. The molecule has 1 rings (SSSR count). The number of para-hydroxylation sites is 1. The maximum atomic E-state index is 11.5. The normalized spacial score (nSPS) is 11.9. The van der Waals surface area contributed by atoms with Gasteiger partial charge in [0.15, 0.2) is 0 Å². The maximum Gasteiger partial charge on any atom is 0.310 e. The molecule has 0 saturated heterocycles. The summed E-state index contributed by atoms with van der Waals surface area (Å²) < 4.78 is 10.1. The zero-order valence-electron chi connectivity index (χ0n) is 11.2. The molecular formula is C14H21NO3. The van der Waals surface area contributed by atoms with E-state index in [9.17, 15) is 4.79 Å². The number of benzene rings is 1. The summed E-state index contributed by atoms with van der Waals surface area (Å²) in [5, 5.41) is 3.26. The highest BCUT2D eigenvalue weighted by Gasteiger charge is 2.13. The van der Waals surface area contributed by atoms with E-state index in [1.165, 1.54) is 0 Å². The van der Waals surface area contributed by atoms with Crippen LogP contribution in [0.15, 0.2) is 24.3 Å². The number of anilines is 1. The number of esters is 1. The Kier molecular flexibility index (Phi) is 6.22. The van der Waals surface area contributed by atoms with Gasteiger partial charge in [-0.3, -0.25) is 4.79 Å². The van der Waals surface area contributed by atoms with Crippen molar-refractivity contribution in [2.24, 2.45) is 5.92 Å². The van der Waals surface area contributed by atoms with Gasteiger partial charge in [0.1, 0.15) is 0 Å². The molecule has 4 nitrogen and oxygen atoms in total. The maximum absolute atomic E-state index is 11.5. The molecule has 0 amide bonds. The first-order valence-electron chi connectivity index (χ1n) is 6.16. The minimum atomic E-state index is -0.172. The average Bonchev–Trinajstić information content (AvgIpc) is 2.38. The molecule has 1 unspecified atom stereocenters. The number of carbonyl (C=O) groups is 1. The van der Waals surface area contributed by atoms with Crippen molar-refractivity contribution in [3.8, 4) is 0 Å². The van der Waals surface area contributed by atoms with Gasteiger partial charge in [-0.2, -0.15) is 0 Å². The van der Waals surface area contributed by atoms with Crippen molar-refractivity contribution in [3.63, 3.8) is 0 Å². The number of methoxy groups -OCH3 is 1. The summed E-state index contributed by atoms with van der Waals surface area (Å²) in [6.45, 7) is 5.19. The van der Waals surface area contributed by atoms with E-state index in [2.05, 4.69) is 5.32 Å². The second kappa shape index (κ2) is 7.71. The molecule has 0 bridgehead atoms. The summed E-state index contributed by atoms with van der Waals surface area (Å²) in [4.78, 5) is 11.5. The van der Waals surface area contributed by atoms with Crippen molar-refractivity contribution in [2.75, 3.05) is 25.6 Å². The van der Waals surface area contributed by atoms with Crippen LogP contribution in [0, 0.1) is 5.92 Å². The summed E-state index contributed by atoms with van der Waals surface area (Å²) >= 11 is 0. The second-order valence-corrected chi connectivity index (χ2v) is 4.12. The summed E-state index contributed by atoms with van der Waals surface area (Å²) in [5.41, 5.74) is 2.08. The lowest BCUT2D eigenvalue weighted by molar-refractivity contribution is -0.146. The lowest BCUT2D eigenvalue weighted by atomic mass is 10.1. The monoisotopic (exact) mass is 251 g/mol. The predicted molar refractivity (Wildman–Crippen MR) is 71.4 cm³/mol. The standard InChI is InChI=1S/C14H21NO3/c1-4-18-14(16)11(2)9-15-13-8-6-5-7-12(13)10-17-3/h5-8,11,15H,4,9-10H2,1-3H3. The lowest BCUT2D eigenvalue weighted by Crippen LogP contribution is -2.22. The van der Waals surface area contributed by atoms with Crippen LogP contribution in [0.3, 0.4) is 0 Å². The van der Waals surface area contributed by atoms with Crippen LogP contribution < -0.4 is 5.32 Å². The Morgan fingerprint density at radius 1 is 1.39 bits per heavy atom. The van der Waals surface area contributed by atoms with Crippen LogP contribution in [0.5, 0.6) is 0 Å². The fraction of sp³-hybridized carbons (Fsp3) is 0.500. The lowest BCUT2D eigenvalue weighted by Gasteiger charge is -2.15. The Hall–Kier alpha value is -1.55. The third-order valence-electron chi connectivity index (χ3n) is 2.60. The van der Waals surface area contributed by atoms with Gasteiger partial charge < -0.3 is 14.8 Å². The van der Waals surface area contributed by atoms with Gasteiger partial charge in [0.2, 0.25) is 0 Å². The van der Waals surface area contributed by atoms with E-state index in [0.29, 0.717) is 19.8 Å².